The standard InChI is InChI=1S/C18H15NO5/c1-21-10-3-4-16(22-2)12(5-10)13-7-15(20)11-6-17-18(24-9-23-17)8-14(11)19-13/h3-8H,9H2,1-2H3,(H,19,20). The van der Waals surface area contributed by atoms with Crippen LogP contribution in [0.4, 0.5) is 0 Å². The Hall–Kier alpha value is -3.15. The zero-order valence-electron chi connectivity index (χ0n) is 13.2. The summed E-state index contributed by atoms with van der Waals surface area (Å²) in [7, 11) is 3.18. The lowest BCUT2D eigenvalue weighted by Gasteiger charge is -2.11. The van der Waals surface area contributed by atoms with Gasteiger partial charge in [-0.05, 0) is 24.3 Å². The first-order valence-corrected chi connectivity index (χ1v) is 7.38. The Labute approximate surface area is 137 Å². The van der Waals surface area contributed by atoms with E-state index in [1.165, 1.54) is 0 Å². The molecule has 0 saturated carbocycles. The summed E-state index contributed by atoms with van der Waals surface area (Å²) in [6.07, 6.45) is 0. The van der Waals surface area contributed by atoms with E-state index in [9.17, 15) is 4.79 Å². The number of fused-ring (bicyclic) bond motifs is 2. The Morgan fingerprint density at radius 2 is 1.79 bits per heavy atom. The van der Waals surface area contributed by atoms with Gasteiger partial charge in [-0.3, -0.25) is 4.79 Å². The first kappa shape index (κ1) is 14.4. The summed E-state index contributed by atoms with van der Waals surface area (Å²) in [6.45, 7) is 0.163. The molecule has 1 aliphatic rings. The van der Waals surface area contributed by atoms with Crippen molar-refractivity contribution in [2.75, 3.05) is 21.0 Å². The van der Waals surface area contributed by atoms with E-state index in [0.29, 0.717) is 39.6 Å². The highest BCUT2D eigenvalue weighted by atomic mass is 16.7. The highest BCUT2D eigenvalue weighted by molar-refractivity contribution is 5.86. The van der Waals surface area contributed by atoms with Crippen LogP contribution in [0.15, 0.2) is 41.2 Å². The number of pyridine rings is 1. The number of ether oxygens (including phenoxy) is 4. The number of H-pyrrole nitrogens is 1. The third-order valence-corrected chi connectivity index (χ3v) is 4.02. The summed E-state index contributed by atoms with van der Waals surface area (Å²) in [5.74, 6) is 2.52. The molecule has 6 nitrogen and oxygen atoms in total. The van der Waals surface area contributed by atoms with Crippen LogP contribution >= 0.6 is 0 Å². The fraction of sp³-hybridized carbons (Fsp3) is 0.167. The molecule has 6 heteroatoms. The van der Waals surface area contributed by atoms with Gasteiger partial charge in [-0.1, -0.05) is 0 Å². The molecule has 0 saturated heterocycles. The Morgan fingerprint density at radius 1 is 1.00 bits per heavy atom. The molecule has 0 fully saturated rings. The van der Waals surface area contributed by atoms with Crippen LogP contribution in [0.25, 0.3) is 22.2 Å². The fourth-order valence-corrected chi connectivity index (χ4v) is 2.81. The van der Waals surface area contributed by atoms with Gasteiger partial charge in [0, 0.05) is 23.1 Å². The minimum atomic E-state index is -0.109. The van der Waals surface area contributed by atoms with E-state index >= 15 is 0 Å². The zero-order chi connectivity index (χ0) is 16.7. The number of hydrogen-bond acceptors (Lipinski definition) is 5. The minimum Gasteiger partial charge on any atom is -0.497 e. The molecule has 122 valence electrons. The SMILES string of the molecule is COc1ccc(OC)c(-c2cc(=O)c3cc4c(cc3[nH]2)OCO4)c1. The lowest BCUT2D eigenvalue weighted by molar-refractivity contribution is 0.174. The van der Waals surface area contributed by atoms with E-state index in [4.69, 9.17) is 18.9 Å². The van der Waals surface area contributed by atoms with Gasteiger partial charge >= 0.3 is 0 Å². The second-order valence-corrected chi connectivity index (χ2v) is 5.36. The number of aromatic nitrogens is 1. The molecule has 1 aromatic heterocycles. The first-order valence-electron chi connectivity index (χ1n) is 7.38. The molecule has 2 aromatic carbocycles. The topological polar surface area (TPSA) is 69.8 Å². The van der Waals surface area contributed by atoms with E-state index in [1.54, 1.807) is 44.6 Å². The maximum Gasteiger partial charge on any atom is 0.231 e. The normalized spacial score (nSPS) is 12.4. The van der Waals surface area contributed by atoms with Crippen molar-refractivity contribution in [2.24, 2.45) is 0 Å². The number of hydrogen-bond donors (Lipinski definition) is 1. The van der Waals surface area contributed by atoms with Gasteiger partial charge in [0.05, 0.1) is 25.4 Å². The van der Waals surface area contributed by atoms with Crippen molar-refractivity contribution in [3.8, 4) is 34.3 Å². The van der Waals surface area contributed by atoms with E-state index in [-0.39, 0.29) is 12.2 Å². The van der Waals surface area contributed by atoms with Crippen LogP contribution in [-0.4, -0.2) is 26.0 Å². The number of methoxy groups -OCH3 is 2. The third kappa shape index (κ3) is 2.23. The summed E-state index contributed by atoms with van der Waals surface area (Å²) >= 11 is 0. The van der Waals surface area contributed by atoms with Crippen molar-refractivity contribution >= 4 is 10.9 Å². The van der Waals surface area contributed by atoms with Gasteiger partial charge in [0.15, 0.2) is 16.9 Å². The molecule has 0 spiro atoms. The molecule has 0 bridgehead atoms. The molecule has 0 aliphatic carbocycles. The Morgan fingerprint density at radius 3 is 2.54 bits per heavy atom. The molecular formula is C18H15NO5. The summed E-state index contributed by atoms with van der Waals surface area (Å²) in [5.41, 5.74) is 1.95. The Balaban J connectivity index is 1.95. The first-order chi connectivity index (χ1) is 11.7. The third-order valence-electron chi connectivity index (χ3n) is 4.02. The highest BCUT2D eigenvalue weighted by Crippen LogP contribution is 2.36. The van der Waals surface area contributed by atoms with E-state index < -0.39 is 0 Å². The second-order valence-electron chi connectivity index (χ2n) is 5.36. The van der Waals surface area contributed by atoms with Gasteiger partial charge in [0.2, 0.25) is 6.79 Å². The van der Waals surface area contributed by atoms with Crippen molar-refractivity contribution in [1.82, 2.24) is 4.98 Å². The Kier molecular flexibility index (Phi) is 3.30. The van der Waals surface area contributed by atoms with E-state index in [2.05, 4.69) is 4.98 Å². The lowest BCUT2D eigenvalue weighted by atomic mass is 10.1. The van der Waals surface area contributed by atoms with Crippen molar-refractivity contribution in [2.45, 2.75) is 0 Å². The summed E-state index contributed by atoms with van der Waals surface area (Å²) < 4.78 is 21.4. The van der Waals surface area contributed by atoms with Crippen LogP contribution in [0.1, 0.15) is 0 Å². The summed E-state index contributed by atoms with van der Waals surface area (Å²) in [4.78, 5) is 15.8. The van der Waals surface area contributed by atoms with Crippen LogP contribution < -0.4 is 24.4 Å². The number of benzene rings is 2. The van der Waals surface area contributed by atoms with Crippen molar-refractivity contribution < 1.29 is 18.9 Å². The monoisotopic (exact) mass is 325 g/mol. The van der Waals surface area contributed by atoms with Crippen molar-refractivity contribution in [3.63, 3.8) is 0 Å². The molecule has 2 heterocycles. The molecule has 0 atom stereocenters. The quantitative estimate of drug-likeness (QED) is 0.802. The van der Waals surface area contributed by atoms with E-state index in [1.807, 2.05) is 6.07 Å². The zero-order valence-corrected chi connectivity index (χ0v) is 13.2. The van der Waals surface area contributed by atoms with Crippen LogP contribution in [-0.2, 0) is 0 Å². The molecule has 1 N–H and O–H groups in total. The maximum absolute atomic E-state index is 12.5. The molecular weight excluding hydrogens is 310 g/mol. The van der Waals surface area contributed by atoms with Crippen molar-refractivity contribution in [1.29, 1.82) is 0 Å². The second kappa shape index (κ2) is 5.49. The average Bonchev–Trinajstić information content (AvgIpc) is 3.06. The molecule has 24 heavy (non-hydrogen) atoms. The van der Waals surface area contributed by atoms with Gasteiger partial charge in [0.1, 0.15) is 11.5 Å². The number of rotatable bonds is 3. The van der Waals surface area contributed by atoms with Gasteiger partial charge < -0.3 is 23.9 Å². The lowest BCUT2D eigenvalue weighted by Crippen LogP contribution is -2.03. The van der Waals surface area contributed by atoms with Gasteiger partial charge in [-0.15, -0.1) is 0 Å². The predicted octanol–water partition coefficient (Wildman–Crippen LogP) is 2.94. The van der Waals surface area contributed by atoms with Crippen molar-refractivity contribution in [3.05, 3.63) is 46.6 Å². The van der Waals surface area contributed by atoms with Gasteiger partial charge in [0.25, 0.3) is 0 Å². The molecule has 1 aliphatic heterocycles. The summed E-state index contributed by atoms with van der Waals surface area (Å²) in [6, 6.07) is 10.4. The van der Waals surface area contributed by atoms with Gasteiger partial charge in [-0.25, -0.2) is 0 Å². The molecule has 0 unspecified atom stereocenters. The number of nitrogens with one attached hydrogen (secondary N) is 1. The van der Waals surface area contributed by atoms with Crippen LogP contribution in [0.5, 0.6) is 23.0 Å². The maximum atomic E-state index is 12.5. The fourth-order valence-electron chi connectivity index (χ4n) is 2.81. The molecule has 0 radical (unpaired) electrons. The van der Waals surface area contributed by atoms with Crippen LogP contribution in [0, 0.1) is 0 Å². The highest BCUT2D eigenvalue weighted by Gasteiger charge is 2.17. The molecule has 4 rings (SSSR count). The number of aromatic amines is 1. The van der Waals surface area contributed by atoms with Crippen LogP contribution in [0.3, 0.4) is 0 Å². The summed E-state index contributed by atoms with van der Waals surface area (Å²) in [5, 5.41) is 0.546. The average molecular weight is 325 g/mol. The van der Waals surface area contributed by atoms with E-state index in [0.717, 1.165) is 5.56 Å². The largest absolute Gasteiger partial charge is 0.497 e. The minimum absolute atomic E-state index is 0.109. The smallest absolute Gasteiger partial charge is 0.231 e. The predicted molar refractivity (Wildman–Crippen MR) is 89.2 cm³/mol. The Bertz CT molecular complexity index is 993. The van der Waals surface area contributed by atoms with Gasteiger partial charge in [-0.2, -0.15) is 0 Å². The van der Waals surface area contributed by atoms with Crippen LogP contribution in [0.2, 0.25) is 0 Å². The molecule has 3 aromatic rings. The molecule has 0 amide bonds.